The lowest BCUT2D eigenvalue weighted by molar-refractivity contribution is 0.609. The fourth-order valence-electron chi connectivity index (χ4n) is 1.60. The Morgan fingerprint density at radius 1 is 1.05 bits per heavy atom. The van der Waals surface area contributed by atoms with Gasteiger partial charge in [-0.1, -0.05) is 42.3 Å². The first-order chi connectivity index (χ1) is 9.59. The second kappa shape index (κ2) is 6.09. The summed E-state index contributed by atoms with van der Waals surface area (Å²) >= 11 is 0. The predicted octanol–water partition coefficient (Wildman–Crippen LogP) is 3.08. The Morgan fingerprint density at radius 2 is 1.80 bits per heavy atom. The molecular formula is C16H13NO2S. The van der Waals surface area contributed by atoms with Crippen LogP contribution in [0.3, 0.4) is 0 Å². The number of anilines is 1. The van der Waals surface area contributed by atoms with E-state index in [-0.39, 0.29) is 0 Å². The predicted molar refractivity (Wildman–Crippen MR) is 82.4 cm³/mol. The highest BCUT2D eigenvalue weighted by atomic mass is 32.2. The van der Waals surface area contributed by atoms with Crippen molar-refractivity contribution in [1.82, 2.24) is 0 Å². The summed E-state index contributed by atoms with van der Waals surface area (Å²) in [6, 6.07) is 15.9. The van der Waals surface area contributed by atoms with Crippen LogP contribution in [0.15, 0.2) is 60.0 Å². The Bertz CT molecular complexity index is 757. The van der Waals surface area contributed by atoms with Crippen molar-refractivity contribution in [2.75, 3.05) is 4.72 Å². The highest BCUT2D eigenvalue weighted by molar-refractivity contribution is 7.95. The standard InChI is InChI=1S/C16H13NO2S/c1-2-14-9-6-10-16(13-14)17-20(18,19)12-11-15-7-4-3-5-8-15/h1,3-13,17H. The number of hydrogen-bond acceptors (Lipinski definition) is 2. The molecule has 0 atom stereocenters. The van der Waals surface area contributed by atoms with E-state index >= 15 is 0 Å². The van der Waals surface area contributed by atoms with Gasteiger partial charge in [0.15, 0.2) is 0 Å². The molecule has 3 nitrogen and oxygen atoms in total. The Kier molecular flexibility index (Phi) is 4.24. The minimum atomic E-state index is -3.56. The average molecular weight is 283 g/mol. The Morgan fingerprint density at radius 3 is 2.50 bits per heavy atom. The largest absolute Gasteiger partial charge is 0.280 e. The number of terminal acetylenes is 1. The molecule has 0 aliphatic carbocycles. The Balaban J connectivity index is 2.15. The maximum atomic E-state index is 11.9. The third-order valence-electron chi connectivity index (χ3n) is 2.53. The molecule has 0 bridgehead atoms. The lowest BCUT2D eigenvalue weighted by Crippen LogP contribution is -2.08. The van der Waals surface area contributed by atoms with E-state index in [4.69, 9.17) is 6.42 Å². The molecule has 0 saturated carbocycles. The van der Waals surface area contributed by atoms with Crippen molar-refractivity contribution >= 4 is 21.8 Å². The van der Waals surface area contributed by atoms with Crippen molar-refractivity contribution in [2.24, 2.45) is 0 Å². The maximum absolute atomic E-state index is 11.9. The van der Waals surface area contributed by atoms with Gasteiger partial charge in [0.25, 0.3) is 10.0 Å². The van der Waals surface area contributed by atoms with Gasteiger partial charge < -0.3 is 0 Å². The first-order valence-corrected chi connectivity index (χ1v) is 7.46. The van der Waals surface area contributed by atoms with Gasteiger partial charge in [0, 0.05) is 5.56 Å². The van der Waals surface area contributed by atoms with Crippen LogP contribution in [-0.2, 0) is 10.0 Å². The van der Waals surface area contributed by atoms with Crippen molar-refractivity contribution < 1.29 is 8.42 Å². The zero-order valence-corrected chi connectivity index (χ0v) is 11.5. The molecule has 4 heteroatoms. The summed E-state index contributed by atoms with van der Waals surface area (Å²) in [5.41, 5.74) is 1.88. The van der Waals surface area contributed by atoms with Crippen LogP contribution in [0, 0.1) is 12.3 Å². The summed E-state index contributed by atoms with van der Waals surface area (Å²) in [6.07, 6.45) is 6.81. The molecule has 0 spiro atoms. The van der Waals surface area contributed by atoms with Gasteiger partial charge in [-0.15, -0.1) is 6.42 Å². The first kappa shape index (κ1) is 13.9. The molecule has 0 radical (unpaired) electrons. The summed E-state index contributed by atoms with van der Waals surface area (Å²) in [5, 5.41) is 1.13. The van der Waals surface area contributed by atoms with Crippen LogP contribution in [0.5, 0.6) is 0 Å². The fraction of sp³-hybridized carbons (Fsp3) is 0. The summed E-state index contributed by atoms with van der Waals surface area (Å²) in [4.78, 5) is 0. The quantitative estimate of drug-likeness (QED) is 0.876. The highest BCUT2D eigenvalue weighted by Gasteiger charge is 2.05. The van der Waals surface area contributed by atoms with Crippen molar-refractivity contribution in [3.05, 3.63) is 71.1 Å². The summed E-state index contributed by atoms with van der Waals surface area (Å²) in [6.45, 7) is 0. The van der Waals surface area contributed by atoms with Crippen molar-refractivity contribution in [1.29, 1.82) is 0 Å². The van der Waals surface area contributed by atoms with Crippen LogP contribution < -0.4 is 4.72 Å². The monoisotopic (exact) mass is 283 g/mol. The van der Waals surface area contributed by atoms with Crippen molar-refractivity contribution in [3.8, 4) is 12.3 Å². The van der Waals surface area contributed by atoms with Gasteiger partial charge in [0.05, 0.1) is 11.1 Å². The van der Waals surface area contributed by atoms with E-state index in [0.717, 1.165) is 11.0 Å². The van der Waals surface area contributed by atoms with Crippen molar-refractivity contribution in [3.63, 3.8) is 0 Å². The molecule has 20 heavy (non-hydrogen) atoms. The van der Waals surface area contributed by atoms with E-state index in [1.54, 1.807) is 24.3 Å². The van der Waals surface area contributed by atoms with Gasteiger partial charge in [-0.3, -0.25) is 4.72 Å². The number of hydrogen-bond donors (Lipinski definition) is 1. The molecule has 0 heterocycles. The summed E-state index contributed by atoms with van der Waals surface area (Å²) in [5.74, 6) is 2.46. The van der Waals surface area contributed by atoms with Crippen LogP contribution in [0.25, 0.3) is 6.08 Å². The van der Waals surface area contributed by atoms with Crippen LogP contribution in [-0.4, -0.2) is 8.42 Å². The van der Waals surface area contributed by atoms with Gasteiger partial charge in [0.2, 0.25) is 0 Å². The van der Waals surface area contributed by atoms with Gasteiger partial charge in [-0.05, 0) is 29.8 Å². The molecule has 100 valence electrons. The third-order valence-corrected chi connectivity index (χ3v) is 3.54. The van der Waals surface area contributed by atoms with Crippen LogP contribution in [0.4, 0.5) is 5.69 Å². The normalized spacial score (nSPS) is 11.2. The number of sulfonamides is 1. The lowest BCUT2D eigenvalue weighted by atomic mass is 10.2. The SMILES string of the molecule is C#Cc1cccc(NS(=O)(=O)C=Cc2ccccc2)c1. The van der Waals surface area contributed by atoms with E-state index in [2.05, 4.69) is 10.6 Å². The second-order valence-corrected chi connectivity index (χ2v) is 5.65. The van der Waals surface area contributed by atoms with Gasteiger partial charge in [-0.25, -0.2) is 8.42 Å². The molecule has 0 aromatic heterocycles. The minimum Gasteiger partial charge on any atom is -0.280 e. The summed E-state index contributed by atoms with van der Waals surface area (Å²) < 4.78 is 26.3. The van der Waals surface area contributed by atoms with E-state index in [1.807, 2.05) is 30.3 Å². The van der Waals surface area contributed by atoms with Gasteiger partial charge in [0.1, 0.15) is 0 Å². The van der Waals surface area contributed by atoms with Gasteiger partial charge >= 0.3 is 0 Å². The molecule has 2 aromatic rings. The lowest BCUT2D eigenvalue weighted by Gasteiger charge is -2.04. The topological polar surface area (TPSA) is 46.2 Å². The molecule has 0 fully saturated rings. The molecule has 0 aliphatic heterocycles. The highest BCUT2D eigenvalue weighted by Crippen LogP contribution is 2.13. The number of benzene rings is 2. The fourth-order valence-corrected chi connectivity index (χ4v) is 2.46. The van der Waals surface area contributed by atoms with Crippen LogP contribution >= 0.6 is 0 Å². The third kappa shape index (κ3) is 4.01. The van der Waals surface area contributed by atoms with Crippen LogP contribution in [0.2, 0.25) is 0 Å². The zero-order valence-electron chi connectivity index (χ0n) is 10.7. The Hall–Kier alpha value is -2.51. The van der Waals surface area contributed by atoms with Gasteiger partial charge in [-0.2, -0.15) is 0 Å². The molecular weight excluding hydrogens is 270 g/mol. The van der Waals surface area contributed by atoms with E-state index in [0.29, 0.717) is 11.3 Å². The molecule has 1 N–H and O–H groups in total. The second-order valence-electron chi connectivity index (χ2n) is 4.09. The smallest absolute Gasteiger partial charge is 0.255 e. The average Bonchev–Trinajstić information content (AvgIpc) is 2.46. The number of rotatable bonds is 4. The molecule has 0 aliphatic rings. The molecule has 0 saturated heterocycles. The molecule has 2 aromatic carbocycles. The number of nitrogens with one attached hydrogen (secondary N) is 1. The zero-order chi connectivity index (χ0) is 14.4. The van der Waals surface area contributed by atoms with E-state index in [9.17, 15) is 8.42 Å². The van der Waals surface area contributed by atoms with Crippen LogP contribution in [0.1, 0.15) is 11.1 Å². The minimum absolute atomic E-state index is 0.443. The maximum Gasteiger partial charge on any atom is 0.255 e. The van der Waals surface area contributed by atoms with E-state index in [1.165, 1.54) is 6.08 Å². The Labute approximate surface area is 119 Å². The molecule has 2 rings (SSSR count). The molecule has 0 unspecified atom stereocenters. The van der Waals surface area contributed by atoms with E-state index < -0.39 is 10.0 Å². The first-order valence-electron chi connectivity index (χ1n) is 5.92. The molecule has 0 amide bonds. The van der Waals surface area contributed by atoms with Crippen molar-refractivity contribution in [2.45, 2.75) is 0 Å². The summed E-state index contributed by atoms with van der Waals surface area (Å²) in [7, 11) is -3.56.